The summed E-state index contributed by atoms with van der Waals surface area (Å²) in [6.07, 6.45) is -0.265. The van der Waals surface area contributed by atoms with Crippen LogP contribution in [-0.2, 0) is 16.1 Å². The second kappa shape index (κ2) is 9.75. The van der Waals surface area contributed by atoms with Crippen LogP contribution in [0, 0.1) is 0 Å². The molecule has 1 atom stereocenters. The normalized spacial score (nSPS) is 18.2. The molecule has 6 nitrogen and oxygen atoms in total. The van der Waals surface area contributed by atoms with E-state index in [0.717, 1.165) is 25.2 Å². The number of nitrogens with zero attached hydrogens (tertiary/aromatic N) is 1. The third-order valence-corrected chi connectivity index (χ3v) is 3.93. The number of hydrogen-bond acceptors (Lipinski definition) is 5. The number of rotatable bonds is 7. The van der Waals surface area contributed by atoms with Gasteiger partial charge in [0.2, 0.25) is 0 Å². The van der Waals surface area contributed by atoms with E-state index in [2.05, 4.69) is 31.4 Å². The second-order valence-corrected chi connectivity index (χ2v) is 7.36. The Hall–Kier alpha value is -1.63. The van der Waals surface area contributed by atoms with Crippen molar-refractivity contribution in [3.05, 3.63) is 35.9 Å². The van der Waals surface area contributed by atoms with Crippen molar-refractivity contribution >= 4 is 6.09 Å². The minimum absolute atomic E-state index is 0.00709. The highest BCUT2D eigenvalue weighted by Crippen LogP contribution is 2.08. The summed E-state index contributed by atoms with van der Waals surface area (Å²) in [6.45, 7) is 10.9. The van der Waals surface area contributed by atoms with Gasteiger partial charge in [0, 0.05) is 31.7 Å². The van der Waals surface area contributed by atoms with Crippen molar-refractivity contribution in [3.63, 3.8) is 0 Å². The van der Waals surface area contributed by atoms with E-state index in [9.17, 15) is 4.79 Å². The molecule has 2 N–H and O–H groups in total. The first-order valence-electron chi connectivity index (χ1n) is 8.97. The molecule has 2 rings (SSSR count). The van der Waals surface area contributed by atoms with Gasteiger partial charge in [0.05, 0.1) is 19.3 Å². The van der Waals surface area contributed by atoms with Crippen molar-refractivity contribution in [3.8, 4) is 0 Å². The molecule has 0 radical (unpaired) electrons. The molecule has 1 unspecified atom stereocenters. The predicted molar refractivity (Wildman–Crippen MR) is 98.6 cm³/mol. The van der Waals surface area contributed by atoms with E-state index in [4.69, 9.17) is 9.47 Å². The van der Waals surface area contributed by atoms with Crippen molar-refractivity contribution in [2.45, 2.75) is 39.0 Å². The van der Waals surface area contributed by atoms with Crippen molar-refractivity contribution in [2.24, 2.45) is 0 Å². The largest absolute Gasteiger partial charge is 0.445 e. The SMILES string of the molecule is CC(C)(C)NCCNCC1CN(C(=O)OCc2ccccc2)CCO1. The van der Waals surface area contributed by atoms with Crippen LogP contribution in [0.25, 0.3) is 0 Å². The molecule has 140 valence electrons. The van der Waals surface area contributed by atoms with E-state index < -0.39 is 0 Å². The number of carbonyl (C=O) groups is 1. The fourth-order valence-electron chi connectivity index (χ4n) is 2.61. The Balaban J connectivity index is 1.65. The molecule has 1 heterocycles. The maximum Gasteiger partial charge on any atom is 0.410 e. The molecule has 25 heavy (non-hydrogen) atoms. The van der Waals surface area contributed by atoms with Crippen LogP contribution in [-0.4, -0.2) is 62.0 Å². The van der Waals surface area contributed by atoms with Crippen molar-refractivity contribution in [1.29, 1.82) is 0 Å². The highest BCUT2D eigenvalue weighted by molar-refractivity contribution is 5.67. The molecule has 0 aliphatic carbocycles. The zero-order valence-corrected chi connectivity index (χ0v) is 15.6. The van der Waals surface area contributed by atoms with Gasteiger partial charge in [0.25, 0.3) is 0 Å². The first-order valence-corrected chi connectivity index (χ1v) is 8.97. The Morgan fingerprint density at radius 3 is 2.76 bits per heavy atom. The van der Waals surface area contributed by atoms with Crippen LogP contribution in [0.3, 0.4) is 0 Å². The van der Waals surface area contributed by atoms with Crippen LogP contribution < -0.4 is 10.6 Å². The topological polar surface area (TPSA) is 62.8 Å². The second-order valence-electron chi connectivity index (χ2n) is 7.36. The Morgan fingerprint density at radius 2 is 2.04 bits per heavy atom. The molecular weight excluding hydrogens is 318 g/mol. The van der Waals surface area contributed by atoms with Gasteiger partial charge in [0.1, 0.15) is 6.61 Å². The minimum Gasteiger partial charge on any atom is -0.445 e. The Labute approximate surface area is 150 Å². The summed E-state index contributed by atoms with van der Waals surface area (Å²) < 4.78 is 11.1. The van der Waals surface area contributed by atoms with Gasteiger partial charge >= 0.3 is 6.09 Å². The summed E-state index contributed by atoms with van der Waals surface area (Å²) in [4.78, 5) is 13.9. The third kappa shape index (κ3) is 7.86. The van der Waals surface area contributed by atoms with E-state index >= 15 is 0 Å². The standard InChI is InChI=1S/C19H31N3O3/c1-19(2,3)21-10-9-20-13-17-14-22(11-12-24-17)18(23)25-15-16-7-5-4-6-8-16/h4-8,17,20-21H,9-15H2,1-3H3. The number of carbonyl (C=O) groups excluding carboxylic acids is 1. The quantitative estimate of drug-likeness (QED) is 0.737. The molecule has 0 bridgehead atoms. The van der Waals surface area contributed by atoms with E-state index in [0.29, 0.717) is 26.3 Å². The Morgan fingerprint density at radius 1 is 1.28 bits per heavy atom. The summed E-state index contributed by atoms with van der Waals surface area (Å²) in [5.74, 6) is 0. The molecule has 1 amide bonds. The molecule has 1 aromatic carbocycles. The lowest BCUT2D eigenvalue weighted by molar-refractivity contribution is -0.0269. The van der Waals surface area contributed by atoms with Crippen LogP contribution in [0.4, 0.5) is 4.79 Å². The van der Waals surface area contributed by atoms with Crippen molar-refractivity contribution < 1.29 is 14.3 Å². The van der Waals surface area contributed by atoms with Gasteiger partial charge < -0.3 is 25.0 Å². The van der Waals surface area contributed by atoms with E-state index in [-0.39, 0.29) is 17.7 Å². The number of nitrogens with one attached hydrogen (secondary N) is 2. The third-order valence-electron chi connectivity index (χ3n) is 3.93. The van der Waals surface area contributed by atoms with Gasteiger partial charge in [-0.05, 0) is 26.3 Å². The fraction of sp³-hybridized carbons (Fsp3) is 0.632. The predicted octanol–water partition coefficient (Wildman–Crippen LogP) is 2.00. The van der Waals surface area contributed by atoms with Crippen LogP contribution in [0.1, 0.15) is 26.3 Å². The molecule has 1 fully saturated rings. The van der Waals surface area contributed by atoms with Crippen LogP contribution in [0.2, 0.25) is 0 Å². The van der Waals surface area contributed by atoms with Gasteiger partial charge in [0.15, 0.2) is 0 Å². The lowest BCUT2D eigenvalue weighted by Gasteiger charge is -2.32. The first-order chi connectivity index (χ1) is 11.9. The van der Waals surface area contributed by atoms with Crippen molar-refractivity contribution in [2.75, 3.05) is 39.3 Å². The highest BCUT2D eigenvalue weighted by atomic mass is 16.6. The average Bonchev–Trinajstić information content (AvgIpc) is 2.59. The summed E-state index contributed by atoms with van der Waals surface area (Å²) >= 11 is 0. The first kappa shape index (κ1) is 19.7. The maximum atomic E-state index is 12.2. The number of hydrogen-bond donors (Lipinski definition) is 2. The molecule has 6 heteroatoms. The van der Waals surface area contributed by atoms with Gasteiger partial charge in [-0.3, -0.25) is 0 Å². The zero-order valence-electron chi connectivity index (χ0n) is 15.6. The van der Waals surface area contributed by atoms with Crippen LogP contribution in [0.5, 0.6) is 0 Å². The monoisotopic (exact) mass is 349 g/mol. The summed E-state index contributed by atoms with van der Waals surface area (Å²) in [5.41, 5.74) is 1.12. The molecule has 1 aliphatic heterocycles. The number of benzene rings is 1. The van der Waals surface area contributed by atoms with E-state index in [1.54, 1.807) is 4.90 Å². The van der Waals surface area contributed by atoms with Crippen LogP contribution in [0.15, 0.2) is 30.3 Å². The number of ether oxygens (including phenoxy) is 2. The maximum absolute atomic E-state index is 12.2. The van der Waals surface area contributed by atoms with Crippen LogP contribution >= 0.6 is 0 Å². The number of amides is 1. The zero-order chi connectivity index (χ0) is 18.1. The summed E-state index contributed by atoms with van der Waals surface area (Å²) in [7, 11) is 0. The highest BCUT2D eigenvalue weighted by Gasteiger charge is 2.25. The lowest BCUT2D eigenvalue weighted by atomic mass is 10.1. The Bertz CT molecular complexity index is 516. The van der Waals surface area contributed by atoms with Gasteiger partial charge in [-0.2, -0.15) is 0 Å². The molecular formula is C19H31N3O3. The molecule has 1 aromatic rings. The van der Waals surface area contributed by atoms with Gasteiger partial charge in [-0.15, -0.1) is 0 Å². The molecule has 1 saturated heterocycles. The molecule has 1 aliphatic rings. The minimum atomic E-state index is -0.272. The molecule has 0 spiro atoms. The molecule has 0 aromatic heterocycles. The lowest BCUT2D eigenvalue weighted by Crippen LogP contribution is -2.50. The van der Waals surface area contributed by atoms with Gasteiger partial charge in [-0.1, -0.05) is 30.3 Å². The fourth-order valence-corrected chi connectivity index (χ4v) is 2.61. The average molecular weight is 349 g/mol. The van der Waals surface area contributed by atoms with Crippen molar-refractivity contribution in [1.82, 2.24) is 15.5 Å². The van der Waals surface area contributed by atoms with Gasteiger partial charge in [-0.25, -0.2) is 4.79 Å². The smallest absolute Gasteiger partial charge is 0.410 e. The Kier molecular flexibility index (Phi) is 7.68. The molecule has 0 saturated carbocycles. The number of morpholine rings is 1. The summed E-state index contributed by atoms with van der Waals surface area (Å²) in [5, 5.41) is 6.81. The van der Waals surface area contributed by atoms with E-state index in [1.165, 1.54) is 0 Å². The summed E-state index contributed by atoms with van der Waals surface area (Å²) in [6, 6.07) is 9.72. The van der Waals surface area contributed by atoms with E-state index in [1.807, 2.05) is 30.3 Å².